The molecule has 0 aliphatic carbocycles. The zero-order chi connectivity index (χ0) is 22.8. The van der Waals surface area contributed by atoms with Crippen LogP contribution in [0.1, 0.15) is 54.9 Å². The maximum Gasteiger partial charge on any atom is 0.245 e. The predicted octanol–water partition coefficient (Wildman–Crippen LogP) is 2.40. The van der Waals surface area contributed by atoms with Crippen LogP contribution in [0.25, 0.3) is 0 Å². The van der Waals surface area contributed by atoms with Gasteiger partial charge in [0.15, 0.2) is 0 Å². The topological polar surface area (TPSA) is 95.1 Å². The van der Waals surface area contributed by atoms with Crippen molar-refractivity contribution in [2.24, 2.45) is 5.92 Å². The van der Waals surface area contributed by atoms with Crippen molar-refractivity contribution in [1.29, 1.82) is 0 Å². The summed E-state index contributed by atoms with van der Waals surface area (Å²) in [6.07, 6.45) is 0.911. The van der Waals surface area contributed by atoms with Crippen molar-refractivity contribution in [3.05, 3.63) is 0 Å². The zero-order valence-electron chi connectivity index (χ0n) is 19.8. The number of carbonyl (C=O) groups is 2. The number of rotatable bonds is 17. The minimum Gasteiger partial charge on any atom is -0.377 e. The molecule has 176 valence electrons. The minimum absolute atomic E-state index is 0.00746. The first kappa shape index (κ1) is 32.4. The fourth-order valence-corrected chi connectivity index (χ4v) is 1.59. The van der Waals surface area contributed by atoms with Crippen LogP contribution >= 0.6 is 0 Å². The molecule has 0 aliphatic rings. The highest BCUT2D eigenvalue weighted by Crippen LogP contribution is 1.89. The highest BCUT2D eigenvalue weighted by atomic mass is 16.6. The second-order valence-electron chi connectivity index (χ2n) is 5.69. The summed E-state index contributed by atoms with van der Waals surface area (Å²) in [4.78, 5) is 22.5. The lowest BCUT2D eigenvalue weighted by Gasteiger charge is -2.09. The van der Waals surface area contributed by atoms with Crippen LogP contribution in [0.15, 0.2) is 0 Å². The van der Waals surface area contributed by atoms with E-state index in [0.29, 0.717) is 59.3 Å². The van der Waals surface area contributed by atoms with E-state index in [9.17, 15) is 9.59 Å². The highest BCUT2D eigenvalue weighted by Gasteiger charge is 2.04. The molecule has 0 radical (unpaired) electrons. The fraction of sp³-hybridized carbons (Fsp3) is 0.905. The molecule has 0 unspecified atom stereocenters. The average molecular weight is 423 g/mol. The molecule has 2 N–H and O–H groups in total. The van der Waals surface area contributed by atoms with Crippen molar-refractivity contribution in [3.8, 4) is 0 Å². The Labute approximate surface area is 178 Å². The molecule has 0 fully saturated rings. The Hall–Kier alpha value is -1.22. The summed E-state index contributed by atoms with van der Waals surface area (Å²) in [5, 5.41) is 5.50. The van der Waals surface area contributed by atoms with Gasteiger partial charge in [0.05, 0.1) is 46.2 Å². The van der Waals surface area contributed by atoms with E-state index in [1.165, 1.54) is 0 Å². The summed E-state index contributed by atoms with van der Waals surface area (Å²) in [6.45, 7) is 18.1. The van der Waals surface area contributed by atoms with E-state index in [4.69, 9.17) is 18.9 Å². The third-order valence-corrected chi connectivity index (χ3v) is 2.99. The van der Waals surface area contributed by atoms with Crippen molar-refractivity contribution in [3.63, 3.8) is 0 Å². The van der Waals surface area contributed by atoms with E-state index in [2.05, 4.69) is 10.6 Å². The summed E-state index contributed by atoms with van der Waals surface area (Å²) >= 11 is 0. The minimum atomic E-state index is -0.103. The van der Waals surface area contributed by atoms with Gasteiger partial charge in [0.25, 0.3) is 0 Å². The van der Waals surface area contributed by atoms with Crippen molar-refractivity contribution in [2.45, 2.75) is 54.9 Å². The lowest BCUT2D eigenvalue weighted by Crippen LogP contribution is -2.31. The Kier molecular flexibility index (Phi) is 32.4. The third-order valence-electron chi connectivity index (χ3n) is 2.99. The lowest BCUT2D eigenvalue weighted by molar-refractivity contribution is -0.126. The zero-order valence-corrected chi connectivity index (χ0v) is 19.8. The first-order chi connectivity index (χ1) is 14.1. The Balaban J connectivity index is -0.00000158. The molecule has 0 aromatic heterocycles. The van der Waals surface area contributed by atoms with Crippen LogP contribution in [0, 0.1) is 5.92 Å². The summed E-state index contributed by atoms with van der Waals surface area (Å²) in [6, 6.07) is 0. The number of hydrogen-bond donors (Lipinski definition) is 2. The second kappa shape index (κ2) is 29.0. The molecule has 0 aromatic carbocycles. The number of carbonyl (C=O) groups excluding carboxylic acids is 2. The van der Waals surface area contributed by atoms with E-state index in [1.54, 1.807) is 0 Å². The molecule has 29 heavy (non-hydrogen) atoms. The molecule has 2 amide bonds. The first-order valence-electron chi connectivity index (χ1n) is 10.9. The van der Waals surface area contributed by atoms with E-state index >= 15 is 0 Å². The van der Waals surface area contributed by atoms with E-state index in [-0.39, 0.29) is 24.3 Å². The number of ether oxygens (including phenoxy) is 4. The average Bonchev–Trinajstić information content (AvgIpc) is 2.75. The van der Waals surface area contributed by atoms with Gasteiger partial charge in [-0.3, -0.25) is 9.59 Å². The number of amides is 2. The van der Waals surface area contributed by atoms with Gasteiger partial charge in [0.2, 0.25) is 11.8 Å². The quantitative estimate of drug-likeness (QED) is 0.350. The highest BCUT2D eigenvalue weighted by molar-refractivity contribution is 5.77. The summed E-state index contributed by atoms with van der Waals surface area (Å²) in [7, 11) is 0. The molecule has 0 saturated carbocycles. The molecule has 0 heterocycles. The predicted molar refractivity (Wildman–Crippen MR) is 117 cm³/mol. The van der Waals surface area contributed by atoms with Crippen LogP contribution in [0.4, 0.5) is 0 Å². The smallest absolute Gasteiger partial charge is 0.245 e. The van der Waals surface area contributed by atoms with Gasteiger partial charge in [-0.15, -0.1) is 0 Å². The molecule has 0 aliphatic heterocycles. The molecule has 0 aromatic rings. The van der Waals surface area contributed by atoms with Gasteiger partial charge in [0.1, 0.15) is 6.61 Å². The number of nitrogens with one attached hydrogen (secondary N) is 2. The van der Waals surface area contributed by atoms with Gasteiger partial charge in [0, 0.05) is 19.0 Å². The van der Waals surface area contributed by atoms with Crippen molar-refractivity contribution < 1.29 is 28.5 Å². The fourth-order valence-electron chi connectivity index (χ4n) is 1.59. The molecule has 0 atom stereocenters. The summed E-state index contributed by atoms with van der Waals surface area (Å²) in [5.41, 5.74) is 0. The van der Waals surface area contributed by atoms with Gasteiger partial charge in [-0.25, -0.2) is 0 Å². The van der Waals surface area contributed by atoms with Gasteiger partial charge in [-0.05, 0) is 6.42 Å². The molecular weight excluding hydrogens is 376 g/mol. The van der Waals surface area contributed by atoms with Crippen molar-refractivity contribution in [1.82, 2.24) is 10.6 Å². The Morgan fingerprint density at radius 3 is 1.59 bits per heavy atom. The van der Waals surface area contributed by atoms with Crippen LogP contribution in [0.5, 0.6) is 0 Å². The summed E-state index contributed by atoms with van der Waals surface area (Å²) in [5.74, 6) is -0.0801. The van der Waals surface area contributed by atoms with Gasteiger partial charge >= 0.3 is 0 Å². The van der Waals surface area contributed by atoms with Crippen molar-refractivity contribution >= 4 is 11.8 Å². The molecule has 0 bridgehead atoms. The third kappa shape index (κ3) is 29.1. The van der Waals surface area contributed by atoms with Crippen molar-refractivity contribution in [2.75, 3.05) is 65.9 Å². The van der Waals surface area contributed by atoms with Crippen LogP contribution in [-0.4, -0.2) is 77.8 Å². The molecule has 0 rings (SSSR count). The van der Waals surface area contributed by atoms with Gasteiger partial charge in [-0.2, -0.15) is 0 Å². The molecule has 0 spiro atoms. The van der Waals surface area contributed by atoms with Crippen LogP contribution in [-0.2, 0) is 28.5 Å². The molecular formula is C21H46N2O6. The van der Waals surface area contributed by atoms with Gasteiger partial charge < -0.3 is 29.6 Å². The van der Waals surface area contributed by atoms with Gasteiger partial charge in [-0.1, -0.05) is 48.5 Å². The second-order valence-corrected chi connectivity index (χ2v) is 5.69. The Bertz CT molecular complexity index is 341. The first-order valence-corrected chi connectivity index (χ1v) is 10.9. The molecule has 0 saturated heterocycles. The van der Waals surface area contributed by atoms with E-state index in [1.807, 2.05) is 48.5 Å². The van der Waals surface area contributed by atoms with Crippen LogP contribution in [0.2, 0.25) is 0 Å². The monoisotopic (exact) mass is 422 g/mol. The maximum atomic E-state index is 11.3. The Morgan fingerprint density at radius 2 is 1.14 bits per heavy atom. The number of hydrogen-bond acceptors (Lipinski definition) is 6. The molecule has 8 nitrogen and oxygen atoms in total. The SMILES string of the molecule is CC.CC.CCCNC(=O)COCCOCCOCCOCCNC(=O)C(C)C. The maximum absolute atomic E-state index is 11.3. The van der Waals surface area contributed by atoms with E-state index in [0.717, 1.165) is 6.42 Å². The Morgan fingerprint density at radius 1 is 0.690 bits per heavy atom. The standard InChI is InChI=1S/C17H34N2O6.2C2H6/c1-4-5-18-16(20)14-25-13-12-24-11-10-23-9-8-22-7-6-19-17(21)15(2)3;2*1-2/h15H,4-14H2,1-3H3,(H,18,20)(H,19,21);2*1-2H3. The lowest BCUT2D eigenvalue weighted by atomic mass is 10.2. The molecule has 8 heteroatoms. The van der Waals surface area contributed by atoms with Crippen LogP contribution < -0.4 is 10.6 Å². The summed E-state index contributed by atoms with van der Waals surface area (Å²) < 4.78 is 21.2. The largest absolute Gasteiger partial charge is 0.377 e. The van der Waals surface area contributed by atoms with E-state index < -0.39 is 0 Å². The normalized spacial score (nSPS) is 9.79. The van der Waals surface area contributed by atoms with Crippen LogP contribution in [0.3, 0.4) is 0 Å².